The SMILES string of the molecule is Cn1cc(CCCNc2ccc(C(=O)N3CCc4ccccc43)cn2)cn1. The molecule has 0 saturated heterocycles. The van der Waals surface area contributed by atoms with E-state index in [-0.39, 0.29) is 5.91 Å². The Morgan fingerprint density at radius 1 is 1.19 bits per heavy atom. The van der Waals surface area contributed by atoms with Crippen molar-refractivity contribution in [2.75, 3.05) is 23.3 Å². The van der Waals surface area contributed by atoms with Gasteiger partial charge in [0.05, 0.1) is 11.8 Å². The van der Waals surface area contributed by atoms with Crippen molar-refractivity contribution < 1.29 is 4.79 Å². The summed E-state index contributed by atoms with van der Waals surface area (Å²) in [5, 5.41) is 7.48. The van der Waals surface area contributed by atoms with Crippen molar-refractivity contribution in [1.29, 1.82) is 0 Å². The standard InChI is InChI=1S/C21H23N5O/c1-25-15-16(13-24-25)5-4-11-22-20-9-8-18(14-23-20)21(27)26-12-10-17-6-2-3-7-19(17)26/h2-3,6-9,13-15H,4-5,10-12H2,1H3,(H,22,23). The van der Waals surface area contributed by atoms with Crippen molar-refractivity contribution >= 4 is 17.4 Å². The molecule has 1 amide bonds. The van der Waals surface area contributed by atoms with E-state index in [9.17, 15) is 4.79 Å². The van der Waals surface area contributed by atoms with Crippen molar-refractivity contribution in [2.24, 2.45) is 7.05 Å². The molecular formula is C21H23N5O. The molecule has 0 saturated carbocycles. The molecule has 0 aliphatic carbocycles. The Labute approximate surface area is 158 Å². The summed E-state index contributed by atoms with van der Waals surface area (Å²) in [5.74, 6) is 0.801. The van der Waals surface area contributed by atoms with Crippen LogP contribution in [-0.4, -0.2) is 33.8 Å². The smallest absolute Gasteiger partial charge is 0.259 e. The van der Waals surface area contributed by atoms with Gasteiger partial charge in [-0.3, -0.25) is 9.48 Å². The lowest BCUT2D eigenvalue weighted by atomic mass is 10.2. The second-order valence-electron chi connectivity index (χ2n) is 6.82. The first kappa shape index (κ1) is 17.3. The van der Waals surface area contributed by atoms with E-state index in [4.69, 9.17) is 0 Å². The maximum absolute atomic E-state index is 12.8. The van der Waals surface area contributed by atoms with Crippen molar-refractivity contribution in [3.8, 4) is 0 Å². The zero-order valence-corrected chi connectivity index (χ0v) is 15.4. The summed E-state index contributed by atoms with van der Waals surface area (Å²) in [6.07, 6.45) is 8.48. The van der Waals surface area contributed by atoms with Gasteiger partial charge in [-0.15, -0.1) is 0 Å². The lowest BCUT2D eigenvalue weighted by Gasteiger charge is -2.17. The summed E-state index contributed by atoms with van der Waals surface area (Å²) in [4.78, 5) is 19.0. The van der Waals surface area contributed by atoms with Crippen LogP contribution in [0.5, 0.6) is 0 Å². The molecular weight excluding hydrogens is 338 g/mol. The van der Waals surface area contributed by atoms with Gasteiger partial charge >= 0.3 is 0 Å². The van der Waals surface area contributed by atoms with E-state index in [0.717, 1.165) is 43.9 Å². The quantitative estimate of drug-likeness (QED) is 0.686. The molecule has 0 bridgehead atoms. The highest BCUT2D eigenvalue weighted by molar-refractivity contribution is 6.07. The van der Waals surface area contributed by atoms with E-state index in [0.29, 0.717) is 5.56 Å². The highest BCUT2D eigenvalue weighted by atomic mass is 16.2. The summed E-state index contributed by atoms with van der Waals surface area (Å²) in [6.45, 7) is 1.56. The number of fused-ring (bicyclic) bond motifs is 1. The predicted molar refractivity (Wildman–Crippen MR) is 106 cm³/mol. The van der Waals surface area contributed by atoms with Crippen LogP contribution in [-0.2, 0) is 19.9 Å². The monoisotopic (exact) mass is 361 g/mol. The molecule has 1 aromatic carbocycles. The van der Waals surface area contributed by atoms with Crippen LogP contribution >= 0.6 is 0 Å². The number of carbonyl (C=O) groups excluding carboxylic acids is 1. The second kappa shape index (κ2) is 7.61. The van der Waals surface area contributed by atoms with Gasteiger partial charge in [0, 0.05) is 38.2 Å². The molecule has 0 unspecified atom stereocenters. The fraction of sp³-hybridized carbons (Fsp3) is 0.286. The maximum atomic E-state index is 12.8. The minimum absolute atomic E-state index is 0.00979. The number of para-hydroxylation sites is 1. The number of pyridine rings is 1. The number of benzene rings is 1. The highest BCUT2D eigenvalue weighted by Crippen LogP contribution is 2.28. The molecule has 3 aromatic rings. The van der Waals surface area contributed by atoms with E-state index < -0.39 is 0 Å². The average Bonchev–Trinajstić information content (AvgIpc) is 3.31. The number of aromatic nitrogens is 3. The fourth-order valence-corrected chi connectivity index (χ4v) is 3.44. The van der Waals surface area contributed by atoms with Crippen LogP contribution in [0.4, 0.5) is 11.5 Å². The van der Waals surface area contributed by atoms with Crippen LogP contribution in [0.2, 0.25) is 0 Å². The molecule has 1 aliphatic heterocycles. The van der Waals surface area contributed by atoms with Gasteiger partial charge in [-0.2, -0.15) is 5.10 Å². The number of aryl methyl sites for hydroxylation is 2. The van der Waals surface area contributed by atoms with E-state index >= 15 is 0 Å². The van der Waals surface area contributed by atoms with Gasteiger partial charge in [-0.05, 0) is 48.6 Å². The largest absolute Gasteiger partial charge is 0.370 e. The third-order valence-corrected chi connectivity index (χ3v) is 4.85. The lowest BCUT2D eigenvalue weighted by Crippen LogP contribution is -2.28. The molecule has 6 heteroatoms. The number of rotatable bonds is 6. The summed E-state index contributed by atoms with van der Waals surface area (Å²) in [7, 11) is 1.93. The van der Waals surface area contributed by atoms with Gasteiger partial charge < -0.3 is 10.2 Å². The molecule has 6 nitrogen and oxygen atoms in total. The van der Waals surface area contributed by atoms with Gasteiger partial charge in [0.2, 0.25) is 0 Å². The number of amides is 1. The molecule has 3 heterocycles. The minimum Gasteiger partial charge on any atom is -0.370 e. The van der Waals surface area contributed by atoms with E-state index in [1.807, 2.05) is 59.4 Å². The highest BCUT2D eigenvalue weighted by Gasteiger charge is 2.25. The predicted octanol–water partition coefficient (Wildman–Crippen LogP) is 3.06. The summed E-state index contributed by atoms with van der Waals surface area (Å²) >= 11 is 0. The van der Waals surface area contributed by atoms with E-state index in [2.05, 4.69) is 21.5 Å². The van der Waals surface area contributed by atoms with Crippen molar-refractivity contribution in [1.82, 2.24) is 14.8 Å². The second-order valence-corrected chi connectivity index (χ2v) is 6.82. The summed E-state index contributed by atoms with van der Waals surface area (Å²) < 4.78 is 1.82. The van der Waals surface area contributed by atoms with Crippen molar-refractivity contribution in [2.45, 2.75) is 19.3 Å². The van der Waals surface area contributed by atoms with Crippen LogP contribution in [0, 0.1) is 0 Å². The van der Waals surface area contributed by atoms with Crippen LogP contribution < -0.4 is 10.2 Å². The molecule has 138 valence electrons. The third kappa shape index (κ3) is 3.84. The Bertz CT molecular complexity index is 932. The Morgan fingerprint density at radius 3 is 2.85 bits per heavy atom. The number of anilines is 2. The Morgan fingerprint density at radius 2 is 2.07 bits per heavy atom. The molecule has 0 spiro atoms. The number of nitrogens with one attached hydrogen (secondary N) is 1. The Hall–Kier alpha value is -3.15. The molecule has 0 atom stereocenters. The van der Waals surface area contributed by atoms with Gasteiger partial charge in [0.25, 0.3) is 5.91 Å². The first-order valence-electron chi connectivity index (χ1n) is 9.28. The van der Waals surface area contributed by atoms with Crippen LogP contribution in [0.15, 0.2) is 55.0 Å². The topological polar surface area (TPSA) is 63.1 Å². The number of hydrogen-bond donors (Lipinski definition) is 1. The lowest BCUT2D eigenvalue weighted by molar-refractivity contribution is 0.0989. The van der Waals surface area contributed by atoms with Gasteiger partial charge in [-0.1, -0.05) is 18.2 Å². The summed E-state index contributed by atoms with van der Waals surface area (Å²) in [6, 6.07) is 11.8. The first-order valence-corrected chi connectivity index (χ1v) is 9.28. The van der Waals surface area contributed by atoms with Crippen LogP contribution in [0.25, 0.3) is 0 Å². The number of carbonyl (C=O) groups is 1. The van der Waals surface area contributed by atoms with E-state index in [1.54, 1.807) is 6.20 Å². The molecule has 4 rings (SSSR count). The zero-order valence-electron chi connectivity index (χ0n) is 15.4. The average molecular weight is 361 g/mol. The molecule has 1 aliphatic rings. The number of nitrogens with zero attached hydrogens (tertiary/aromatic N) is 4. The van der Waals surface area contributed by atoms with Gasteiger partial charge in [0.15, 0.2) is 0 Å². The maximum Gasteiger partial charge on any atom is 0.259 e. The van der Waals surface area contributed by atoms with Gasteiger partial charge in [0.1, 0.15) is 5.82 Å². The normalized spacial score (nSPS) is 12.9. The Balaban J connectivity index is 1.31. The van der Waals surface area contributed by atoms with Gasteiger partial charge in [-0.25, -0.2) is 4.98 Å². The number of hydrogen-bond acceptors (Lipinski definition) is 4. The molecule has 1 N–H and O–H groups in total. The van der Waals surface area contributed by atoms with Crippen molar-refractivity contribution in [3.05, 3.63) is 71.7 Å². The van der Waals surface area contributed by atoms with Crippen LogP contribution in [0.3, 0.4) is 0 Å². The molecule has 0 radical (unpaired) electrons. The molecule has 27 heavy (non-hydrogen) atoms. The minimum atomic E-state index is 0.00979. The van der Waals surface area contributed by atoms with Crippen LogP contribution in [0.1, 0.15) is 27.9 Å². The third-order valence-electron chi connectivity index (χ3n) is 4.85. The molecule has 0 fully saturated rings. The molecule has 2 aromatic heterocycles. The first-order chi connectivity index (χ1) is 13.2. The van der Waals surface area contributed by atoms with E-state index in [1.165, 1.54) is 11.1 Å². The fourth-order valence-electron chi connectivity index (χ4n) is 3.44. The Kier molecular flexibility index (Phi) is 4.87. The summed E-state index contributed by atoms with van der Waals surface area (Å²) in [5.41, 5.74) is 4.09. The zero-order chi connectivity index (χ0) is 18.6. The van der Waals surface area contributed by atoms with Crippen molar-refractivity contribution in [3.63, 3.8) is 0 Å².